The number of nitrogens with one attached hydrogen (secondary N) is 1. The summed E-state index contributed by atoms with van der Waals surface area (Å²) in [5, 5.41) is 2.95. The van der Waals surface area contributed by atoms with Crippen molar-refractivity contribution in [2.75, 3.05) is 13.1 Å². The van der Waals surface area contributed by atoms with Crippen molar-refractivity contribution >= 4 is 5.91 Å². The van der Waals surface area contributed by atoms with E-state index < -0.39 is 0 Å². The van der Waals surface area contributed by atoms with Crippen LogP contribution in [0.1, 0.15) is 41.8 Å². The molecule has 1 aromatic carbocycles. The van der Waals surface area contributed by atoms with E-state index >= 15 is 0 Å². The van der Waals surface area contributed by atoms with Gasteiger partial charge in [-0.05, 0) is 30.5 Å². The third kappa shape index (κ3) is 4.76. The van der Waals surface area contributed by atoms with Gasteiger partial charge in [-0.2, -0.15) is 0 Å². The molecule has 0 saturated heterocycles. The average molecular weight is 258 g/mol. The molecule has 1 rings (SSSR count). The Hall–Kier alpha value is -1.79. The van der Waals surface area contributed by atoms with Gasteiger partial charge in [0.15, 0.2) is 0 Å². The van der Waals surface area contributed by atoms with Gasteiger partial charge in [-0.1, -0.05) is 38.2 Å². The first kappa shape index (κ1) is 15.3. The van der Waals surface area contributed by atoms with E-state index in [9.17, 15) is 4.79 Å². The van der Waals surface area contributed by atoms with Crippen molar-refractivity contribution < 1.29 is 4.79 Å². The van der Waals surface area contributed by atoms with E-state index in [1.807, 2.05) is 25.1 Å². The maximum Gasteiger partial charge on any atom is 0.252 e. The topological polar surface area (TPSA) is 55.1 Å². The molecule has 0 aromatic heterocycles. The molecule has 0 aliphatic carbocycles. The Morgan fingerprint density at radius 2 is 2.21 bits per heavy atom. The molecular formula is C16H22N2O. The van der Waals surface area contributed by atoms with E-state index in [1.165, 1.54) is 0 Å². The van der Waals surface area contributed by atoms with E-state index in [2.05, 4.69) is 31.0 Å². The third-order valence-corrected chi connectivity index (χ3v) is 3.05. The van der Waals surface area contributed by atoms with Crippen LogP contribution in [0.3, 0.4) is 0 Å². The van der Waals surface area contributed by atoms with Crippen LogP contribution >= 0.6 is 0 Å². The lowest BCUT2D eigenvalue weighted by molar-refractivity contribution is 0.0947. The van der Waals surface area contributed by atoms with E-state index in [4.69, 9.17) is 5.73 Å². The summed E-state index contributed by atoms with van der Waals surface area (Å²) in [7, 11) is 0. The lowest BCUT2D eigenvalue weighted by atomic mass is 10.0. The number of amides is 1. The van der Waals surface area contributed by atoms with Gasteiger partial charge in [-0.15, -0.1) is 0 Å². The van der Waals surface area contributed by atoms with Gasteiger partial charge in [-0.25, -0.2) is 0 Å². The maximum atomic E-state index is 12.2. The first-order valence-corrected chi connectivity index (χ1v) is 6.66. The molecule has 0 fully saturated rings. The van der Waals surface area contributed by atoms with Crippen LogP contribution in [0.4, 0.5) is 0 Å². The summed E-state index contributed by atoms with van der Waals surface area (Å²) in [6.07, 6.45) is 1.05. The second-order valence-corrected chi connectivity index (χ2v) is 4.78. The number of hydrogen-bond acceptors (Lipinski definition) is 2. The van der Waals surface area contributed by atoms with Crippen LogP contribution < -0.4 is 11.1 Å². The Morgan fingerprint density at radius 3 is 2.84 bits per heavy atom. The molecule has 3 nitrogen and oxygen atoms in total. The quantitative estimate of drug-likeness (QED) is 0.812. The standard InChI is InChI=1S/C16H22N2O/c1-4-12(2)11-18-16(19)15-8-7-13(3)10-14(15)6-5-9-17/h7-8,10,12H,4,9,11,17H2,1-3H3,(H,18,19). The highest BCUT2D eigenvalue weighted by Gasteiger charge is 2.11. The Bertz CT molecular complexity index is 497. The SMILES string of the molecule is CCC(C)CNC(=O)c1ccc(C)cc1C#CCN. The van der Waals surface area contributed by atoms with E-state index in [0.29, 0.717) is 24.6 Å². The van der Waals surface area contributed by atoms with Crippen molar-refractivity contribution in [1.29, 1.82) is 0 Å². The van der Waals surface area contributed by atoms with Gasteiger partial charge < -0.3 is 11.1 Å². The lowest BCUT2D eigenvalue weighted by Gasteiger charge is -2.11. The molecule has 0 aliphatic heterocycles. The van der Waals surface area contributed by atoms with Crippen molar-refractivity contribution in [2.24, 2.45) is 11.7 Å². The summed E-state index contributed by atoms with van der Waals surface area (Å²) < 4.78 is 0. The fourth-order valence-electron chi connectivity index (χ4n) is 1.61. The summed E-state index contributed by atoms with van der Waals surface area (Å²) >= 11 is 0. The Kier molecular flexibility index (Phi) is 6.11. The monoisotopic (exact) mass is 258 g/mol. The maximum absolute atomic E-state index is 12.2. The van der Waals surface area contributed by atoms with Gasteiger partial charge in [0.25, 0.3) is 5.91 Å². The molecule has 0 heterocycles. The van der Waals surface area contributed by atoms with Gasteiger partial charge in [0.1, 0.15) is 0 Å². The van der Waals surface area contributed by atoms with Crippen LogP contribution in [0.2, 0.25) is 0 Å². The number of carbonyl (C=O) groups is 1. The molecule has 19 heavy (non-hydrogen) atoms. The van der Waals surface area contributed by atoms with Crippen molar-refractivity contribution in [2.45, 2.75) is 27.2 Å². The third-order valence-electron chi connectivity index (χ3n) is 3.05. The van der Waals surface area contributed by atoms with Crippen LogP contribution in [-0.4, -0.2) is 19.0 Å². The first-order valence-electron chi connectivity index (χ1n) is 6.66. The number of rotatable bonds is 4. The van der Waals surface area contributed by atoms with Gasteiger partial charge in [0, 0.05) is 12.1 Å². The van der Waals surface area contributed by atoms with Gasteiger partial charge in [-0.3, -0.25) is 4.79 Å². The highest BCUT2D eigenvalue weighted by atomic mass is 16.1. The van der Waals surface area contributed by atoms with E-state index in [0.717, 1.165) is 17.5 Å². The Balaban J connectivity index is 2.89. The van der Waals surface area contributed by atoms with Crippen LogP contribution in [0.15, 0.2) is 18.2 Å². The van der Waals surface area contributed by atoms with Crippen molar-refractivity contribution in [3.05, 3.63) is 34.9 Å². The van der Waals surface area contributed by atoms with E-state index in [1.54, 1.807) is 0 Å². The first-order chi connectivity index (χ1) is 9.08. The number of benzene rings is 1. The molecule has 0 saturated carbocycles. The second kappa shape index (κ2) is 7.60. The zero-order valence-corrected chi connectivity index (χ0v) is 11.9. The van der Waals surface area contributed by atoms with Crippen molar-refractivity contribution in [3.63, 3.8) is 0 Å². The highest BCUT2D eigenvalue weighted by molar-refractivity contribution is 5.96. The summed E-state index contributed by atoms with van der Waals surface area (Å²) in [6.45, 7) is 7.19. The van der Waals surface area contributed by atoms with Gasteiger partial charge in [0.2, 0.25) is 0 Å². The van der Waals surface area contributed by atoms with E-state index in [-0.39, 0.29) is 5.91 Å². The molecule has 1 aromatic rings. The number of hydrogen-bond donors (Lipinski definition) is 2. The minimum absolute atomic E-state index is 0.0679. The van der Waals surface area contributed by atoms with Crippen LogP contribution in [0.5, 0.6) is 0 Å². The summed E-state index contributed by atoms with van der Waals surface area (Å²) in [4.78, 5) is 12.2. The Morgan fingerprint density at radius 1 is 1.47 bits per heavy atom. The smallest absolute Gasteiger partial charge is 0.252 e. The van der Waals surface area contributed by atoms with Crippen molar-refractivity contribution in [3.8, 4) is 11.8 Å². The van der Waals surface area contributed by atoms with Gasteiger partial charge >= 0.3 is 0 Å². The predicted octanol–water partition coefficient (Wildman–Crippen LogP) is 2.08. The zero-order chi connectivity index (χ0) is 14.3. The largest absolute Gasteiger partial charge is 0.352 e. The van der Waals surface area contributed by atoms with Crippen LogP contribution in [0.25, 0.3) is 0 Å². The summed E-state index contributed by atoms with van der Waals surface area (Å²) in [5.41, 5.74) is 7.83. The minimum Gasteiger partial charge on any atom is -0.352 e. The molecule has 1 unspecified atom stereocenters. The zero-order valence-electron chi connectivity index (χ0n) is 11.9. The molecule has 1 amide bonds. The fourth-order valence-corrected chi connectivity index (χ4v) is 1.61. The summed E-state index contributed by atoms with van der Waals surface area (Å²) in [6, 6.07) is 5.66. The molecule has 3 N–H and O–H groups in total. The molecular weight excluding hydrogens is 236 g/mol. The minimum atomic E-state index is -0.0679. The van der Waals surface area contributed by atoms with Crippen molar-refractivity contribution in [1.82, 2.24) is 5.32 Å². The van der Waals surface area contributed by atoms with Crippen LogP contribution in [-0.2, 0) is 0 Å². The molecule has 0 bridgehead atoms. The highest BCUT2D eigenvalue weighted by Crippen LogP contribution is 2.11. The molecule has 0 aliphatic rings. The second-order valence-electron chi connectivity index (χ2n) is 4.78. The molecule has 0 radical (unpaired) electrons. The fraction of sp³-hybridized carbons (Fsp3) is 0.438. The molecule has 102 valence electrons. The lowest BCUT2D eigenvalue weighted by Crippen LogP contribution is -2.28. The number of aryl methyl sites for hydroxylation is 1. The molecule has 1 atom stereocenters. The summed E-state index contributed by atoms with van der Waals surface area (Å²) in [5.74, 6) is 6.17. The number of carbonyl (C=O) groups excluding carboxylic acids is 1. The Labute approximate surface area is 115 Å². The average Bonchev–Trinajstić information content (AvgIpc) is 2.42. The van der Waals surface area contributed by atoms with Gasteiger partial charge in [0.05, 0.1) is 12.1 Å². The normalized spacial score (nSPS) is 11.4. The predicted molar refractivity (Wildman–Crippen MR) is 78.9 cm³/mol. The van der Waals surface area contributed by atoms with Crippen LogP contribution in [0, 0.1) is 24.7 Å². The molecule has 0 spiro atoms. The number of nitrogens with two attached hydrogens (primary N) is 1. The molecule has 3 heteroatoms.